The first-order valence-corrected chi connectivity index (χ1v) is 9.04. The summed E-state index contributed by atoms with van der Waals surface area (Å²) in [6.45, 7) is 7.74. The van der Waals surface area contributed by atoms with E-state index in [-0.39, 0.29) is 5.56 Å². The van der Waals surface area contributed by atoms with E-state index in [0.29, 0.717) is 0 Å². The van der Waals surface area contributed by atoms with Crippen LogP contribution in [-0.2, 0) is 0 Å². The van der Waals surface area contributed by atoms with Crippen molar-refractivity contribution in [2.45, 2.75) is 46.2 Å². The number of alkyl halides is 3. The number of halogens is 3. The molecule has 0 amide bonds. The first kappa shape index (κ1) is 20.8. The average Bonchev–Trinajstić information content (AvgIpc) is 2.59. The molecule has 27 heavy (non-hydrogen) atoms. The van der Waals surface area contributed by atoms with Gasteiger partial charge >= 0.3 is 6.18 Å². The second-order valence-electron chi connectivity index (χ2n) is 6.91. The van der Waals surface area contributed by atoms with Crippen LogP contribution in [0.3, 0.4) is 0 Å². The van der Waals surface area contributed by atoms with E-state index < -0.39 is 12.1 Å². The van der Waals surface area contributed by atoms with Gasteiger partial charge in [-0.3, -0.25) is 0 Å². The lowest BCUT2D eigenvalue weighted by molar-refractivity contribution is -0.139. The standard InChI is InChI=1S/C23H26F3N/c1-5-16(2)15-27-21-9-6-19(7-10-21)8-11-22(23(24,25)26)20-13-17(3)12-18(4)14-20/h6-15,22,27H,5H2,1-4H3/b11-8+,16-15-. The van der Waals surface area contributed by atoms with E-state index in [1.165, 1.54) is 17.7 Å². The molecule has 0 saturated heterocycles. The minimum atomic E-state index is -4.33. The number of rotatable bonds is 6. The van der Waals surface area contributed by atoms with Gasteiger partial charge in [-0.25, -0.2) is 0 Å². The molecule has 0 aliphatic rings. The van der Waals surface area contributed by atoms with Crippen LogP contribution in [0.1, 0.15) is 48.4 Å². The number of aryl methyl sites for hydroxylation is 2. The molecule has 1 nitrogen and oxygen atoms in total. The number of hydrogen-bond donors (Lipinski definition) is 1. The molecule has 2 aromatic rings. The molecule has 144 valence electrons. The molecule has 2 rings (SSSR count). The summed E-state index contributed by atoms with van der Waals surface area (Å²) in [6, 6.07) is 12.4. The van der Waals surface area contributed by atoms with Crippen molar-refractivity contribution < 1.29 is 13.2 Å². The van der Waals surface area contributed by atoms with Crippen molar-refractivity contribution >= 4 is 11.8 Å². The Morgan fingerprint density at radius 3 is 2.15 bits per heavy atom. The summed E-state index contributed by atoms with van der Waals surface area (Å²) in [6.07, 6.45) is 1.33. The van der Waals surface area contributed by atoms with E-state index in [9.17, 15) is 13.2 Å². The Morgan fingerprint density at radius 1 is 1.04 bits per heavy atom. The van der Waals surface area contributed by atoms with Crippen molar-refractivity contribution in [1.29, 1.82) is 0 Å². The third kappa shape index (κ3) is 6.31. The van der Waals surface area contributed by atoms with Crippen molar-refractivity contribution in [2.24, 2.45) is 0 Å². The fourth-order valence-corrected chi connectivity index (χ4v) is 2.81. The summed E-state index contributed by atoms with van der Waals surface area (Å²) in [5, 5.41) is 3.18. The molecule has 2 aromatic carbocycles. The Morgan fingerprint density at radius 2 is 1.63 bits per heavy atom. The second-order valence-corrected chi connectivity index (χ2v) is 6.91. The molecule has 1 atom stereocenters. The highest BCUT2D eigenvalue weighted by Gasteiger charge is 2.38. The lowest BCUT2D eigenvalue weighted by Gasteiger charge is -2.18. The topological polar surface area (TPSA) is 12.0 Å². The Bertz CT molecular complexity index is 794. The third-order valence-corrected chi connectivity index (χ3v) is 4.39. The normalized spacial score (nSPS) is 13.8. The summed E-state index contributed by atoms with van der Waals surface area (Å²) in [4.78, 5) is 0. The molecule has 1 N–H and O–H groups in total. The molecule has 0 saturated carbocycles. The highest BCUT2D eigenvalue weighted by molar-refractivity contribution is 5.57. The highest BCUT2D eigenvalue weighted by atomic mass is 19.4. The summed E-state index contributed by atoms with van der Waals surface area (Å²) >= 11 is 0. The van der Waals surface area contributed by atoms with Gasteiger partial charge in [0.1, 0.15) is 0 Å². The van der Waals surface area contributed by atoms with Gasteiger partial charge in [-0.15, -0.1) is 0 Å². The van der Waals surface area contributed by atoms with Gasteiger partial charge in [0.05, 0.1) is 5.92 Å². The molecule has 0 spiro atoms. The van der Waals surface area contributed by atoms with Crippen molar-refractivity contribution in [1.82, 2.24) is 0 Å². The van der Waals surface area contributed by atoms with Gasteiger partial charge < -0.3 is 5.32 Å². The summed E-state index contributed by atoms with van der Waals surface area (Å²) < 4.78 is 40.7. The average molecular weight is 373 g/mol. The SMILES string of the molecule is CC/C(C)=C\Nc1ccc(/C=C/C(c2cc(C)cc(C)c2)C(F)(F)F)cc1. The number of hydrogen-bond acceptors (Lipinski definition) is 1. The minimum absolute atomic E-state index is 0.273. The maximum atomic E-state index is 13.6. The van der Waals surface area contributed by atoms with Crippen LogP contribution in [0.5, 0.6) is 0 Å². The largest absolute Gasteiger partial charge is 0.399 e. The van der Waals surface area contributed by atoms with Crippen LogP contribution in [0.2, 0.25) is 0 Å². The monoisotopic (exact) mass is 373 g/mol. The van der Waals surface area contributed by atoms with Crippen molar-refractivity contribution in [2.75, 3.05) is 5.32 Å². The summed E-state index contributed by atoms with van der Waals surface area (Å²) in [7, 11) is 0. The van der Waals surface area contributed by atoms with Crippen molar-refractivity contribution in [3.05, 3.63) is 82.6 Å². The van der Waals surface area contributed by atoms with Gasteiger partial charge in [-0.1, -0.05) is 66.1 Å². The zero-order chi connectivity index (χ0) is 20.0. The van der Waals surface area contributed by atoms with Crippen LogP contribution < -0.4 is 5.32 Å². The van der Waals surface area contributed by atoms with E-state index >= 15 is 0 Å². The van der Waals surface area contributed by atoms with Crippen LogP contribution in [-0.4, -0.2) is 6.18 Å². The number of anilines is 1. The van der Waals surface area contributed by atoms with E-state index in [2.05, 4.69) is 12.2 Å². The van der Waals surface area contributed by atoms with E-state index in [1.54, 1.807) is 12.1 Å². The van der Waals surface area contributed by atoms with Gasteiger partial charge in [0, 0.05) is 5.69 Å². The van der Waals surface area contributed by atoms with Crippen LogP contribution >= 0.6 is 0 Å². The Labute approximate surface area is 159 Å². The molecule has 0 heterocycles. The fraction of sp³-hybridized carbons (Fsp3) is 0.304. The second kappa shape index (κ2) is 8.94. The molecule has 0 aliphatic carbocycles. The lowest BCUT2D eigenvalue weighted by atomic mass is 9.94. The molecule has 0 aliphatic heterocycles. The Hall–Kier alpha value is -2.49. The van der Waals surface area contributed by atoms with Crippen LogP contribution in [0, 0.1) is 13.8 Å². The first-order chi connectivity index (χ1) is 12.7. The lowest BCUT2D eigenvalue weighted by Crippen LogP contribution is -2.19. The minimum Gasteiger partial charge on any atom is -0.362 e. The highest BCUT2D eigenvalue weighted by Crippen LogP contribution is 2.37. The van der Waals surface area contributed by atoms with E-state index in [0.717, 1.165) is 28.8 Å². The van der Waals surface area contributed by atoms with Crippen molar-refractivity contribution in [3.8, 4) is 0 Å². The third-order valence-electron chi connectivity index (χ3n) is 4.39. The van der Waals surface area contributed by atoms with E-state index in [4.69, 9.17) is 0 Å². The molecule has 4 heteroatoms. The van der Waals surface area contributed by atoms with Gasteiger partial charge in [-0.05, 0) is 56.7 Å². The van der Waals surface area contributed by atoms with Crippen LogP contribution in [0.25, 0.3) is 6.08 Å². The van der Waals surface area contributed by atoms with Crippen molar-refractivity contribution in [3.63, 3.8) is 0 Å². The molecular formula is C23H26F3N. The predicted octanol–water partition coefficient (Wildman–Crippen LogP) is 7.39. The van der Waals surface area contributed by atoms with Crippen LogP contribution in [0.15, 0.2) is 60.3 Å². The zero-order valence-corrected chi connectivity index (χ0v) is 16.2. The Balaban J connectivity index is 2.21. The Kier molecular flexibility index (Phi) is 6.89. The molecule has 0 bridgehead atoms. The molecule has 0 fully saturated rings. The zero-order valence-electron chi connectivity index (χ0n) is 16.2. The number of allylic oxidation sites excluding steroid dienone is 2. The summed E-state index contributed by atoms with van der Waals surface area (Å²) in [5.41, 5.74) is 4.80. The summed E-state index contributed by atoms with van der Waals surface area (Å²) in [5.74, 6) is -1.62. The van der Waals surface area contributed by atoms with Gasteiger partial charge in [0.25, 0.3) is 0 Å². The van der Waals surface area contributed by atoms with Gasteiger partial charge in [0.2, 0.25) is 0 Å². The maximum absolute atomic E-state index is 13.6. The molecule has 0 aromatic heterocycles. The van der Waals surface area contributed by atoms with Gasteiger partial charge in [-0.2, -0.15) is 13.2 Å². The maximum Gasteiger partial charge on any atom is 0.399 e. The smallest absolute Gasteiger partial charge is 0.362 e. The molecular weight excluding hydrogens is 347 g/mol. The number of nitrogens with one attached hydrogen (secondary N) is 1. The molecule has 1 unspecified atom stereocenters. The van der Waals surface area contributed by atoms with Crippen LogP contribution in [0.4, 0.5) is 18.9 Å². The molecule has 0 radical (unpaired) electrons. The van der Waals surface area contributed by atoms with Gasteiger partial charge in [0.15, 0.2) is 0 Å². The fourth-order valence-electron chi connectivity index (χ4n) is 2.81. The van der Waals surface area contributed by atoms with E-state index in [1.807, 2.05) is 57.3 Å². The predicted molar refractivity (Wildman–Crippen MR) is 108 cm³/mol. The number of benzene rings is 2. The quantitative estimate of drug-likeness (QED) is 0.557. The first-order valence-electron chi connectivity index (χ1n) is 9.04.